The molecule has 4 rings (SSSR count). The zero-order valence-electron chi connectivity index (χ0n) is 16.9. The monoisotopic (exact) mass is 384 g/mol. The van der Waals surface area contributed by atoms with E-state index in [1.165, 1.54) is 0 Å². The number of hydrazone groups is 1. The molecule has 1 saturated heterocycles. The second kappa shape index (κ2) is 7.87. The summed E-state index contributed by atoms with van der Waals surface area (Å²) in [6.45, 7) is 3.59. The maximum absolute atomic E-state index is 6.14. The van der Waals surface area contributed by atoms with Gasteiger partial charge in [0.05, 0.1) is 24.2 Å². The van der Waals surface area contributed by atoms with Gasteiger partial charge in [0.1, 0.15) is 11.9 Å². The maximum Gasteiger partial charge on any atom is 0.140 e. The fraction of sp³-hybridized carbons (Fsp3) is 0.600. The van der Waals surface area contributed by atoms with E-state index < -0.39 is 0 Å². The minimum atomic E-state index is -0.00738. The van der Waals surface area contributed by atoms with Crippen molar-refractivity contribution in [2.45, 2.75) is 31.8 Å². The number of hydrogen-bond acceptors (Lipinski definition) is 7. The highest BCUT2D eigenvalue weighted by Crippen LogP contribution is 2.45. The van der Waals surface area contributed by atoms with E-state index >= 15 is 0 Å². The van der Waals surface area contributed by atoms with Gasteiger partial charge in [0, 0.05) is 51.5 Å². The smallest absolute Gasteiger partial charge is 0.140 e. The molecule has 0 spiro atoms. The molecule has 2 aliphatic heterocycles. The van der Waals surface area contributed by atoms with Crippen LogP contribution >= 0.6 is 0 Å². The largest absolute Gasteiger partial charge is 0.495 e. The molecule has 0 amide bonds. The summed E-state index contributed by atoms with van der Waals surface area (Å²) in [6.07, 6.45) is 5.80. The second-order valence-electron chi connectivity index (χ2n) is 7.71. The van der Waals surface area contributed by atoms with Crippen LogP contribution in [0.4, 0.5) is 0 Å². The molecule has 8 heteroatoms. The molecule has 28 heavy (non-hydrogen) atoms. The predicted molar refractivity (Wildman–Crippen MR) is 105 cm³/mol. The highest BCUT2D eigenvalue weighted by Gasteiger charge is 2.39. The molecule has 2 aromatic rings. The molecular weight excluding hydrogens is 356 g/mol. The van der Waals surface area contributed by atoms with Crippen LogP contribution in [0, 0.1) is 18.8 Å². The van der Waals surface area contributed by atoms with Gasteiger partial charge in [0.25, 0.3) is 0 Å². The van der Waals surface area contributed by atoms with Crippen molar-refractivity contribution in [1.82, 2.24) is 25.0 Å². The average Bonchev–Trinajstić information content (AvgIpc) is 3.28. The van der Waals surface area contributed by atoms with Crippen molar-refractivity contribution in [1.29, 1.82) is 0 Å². The molecule has 1 fully saturated rings. The van der Waals surface area contributed by atoms with Crippen LogP contribution in [0.15, 0.2) is 23.4 Å². The number of rotatable bonds is 5. The Kier molecular flexibility index (Phi) is 5.30. The summed E-state index contributed by atoms with van der Waals surface area (Å²) in [5.41, 5.74) is 3.01. The Balaban J connectivity index is 1.67. The number of hydrogen-bond donors (Lipinski definition) is 0. The number of pyridine rings is 1. The molecule has 2 aromatic heterocycles. The Labute approximate surface area is 165 Å². The summed E-state index contributed by atoms with van der Waals surface area (Å²) in [5, 5.41) is 14.9. The van der Waals surface area contributed by atoms with Crippen LogP contribution in [0.2, 0.25) is 0 Å². The van der Waals surface area contributed by atoms with Crippen LogP contribution in [-0.4, -0.2) is 58.5 Å². The number of nitrogens with zero attached hydrogens (tertiary/aromatic N) is 6. The van der Waals surface area contributed by atoms with Crippen molar-refractivity contribution in [2.75, 3.05) is 27.3 Å². The summed E-state index contributed by atoms with van der Waals surface area (Å²) in [5.74, 6) is 1.76. The lowest BCUT2D eigenvalue weighted by molar-refractivity contribution is -0.0240. The lowest BCUT2D eigenvalue weighted by Gasteiger charge is -2.37. The first-order chi connectivity index (χ1) is 13.6. The van der Waals surface area contributed by atoms with E-state index in [0.29, 0.717) is 18.4 Å². The van der Waals surface area contributed by atoms with Gasteiger partial charge in [-0.15, -0.1) is 5.10 Å². The molecular formula is C20H28N6O2. The van der Waals surface area contributed by atoms with Crippen molar-refractivity contribution in [3.05, 3.63) is 35.4 Å². The Hall–Kier alpha value is -2.48. The van der Waals surface area contributed by atoms with E-state index in [1.54, 1.807) is 7.11 Å². The minimum absolute atomic E-state index is 0.00738. The van der Waals surface area contributed by atoms with Crippen LogP contribution in [0.1, 0.15) is 41.9 Å². The van der Waals surface area contributed by atoms with Gasteiger partial charge in [0.2, 0.25) is 0 Å². The third kappa shape index (κ3) is 3.48. The zero-order valence-corrected chi connectivity index (χ0v) is 16.9. The van der Waals surface area contributed by atoms with Gasteiger partial charge in [-0.05, 0) is 37.8 Å². The normalized spacial score (nSPS) is 25.9. The van der Waals surface area contributed by atoms with Crippen LogP contribution in [0.25, 0.3) is 0 Å². The molecule has 0 bridgehead atoms. The van der Waals surface area contributed by atoms with E-state index in [4.69, 9.17) is 14.5 Å². The Morgan fingerprint density at radius 3 is 2.86 bits per heavy atom. The average molecular weight is 384 g/mol. The van der Waals surface area contributed by atoms with Gasteiger partial charge in [-0.3, -0.25) is 9.99 Å². The number of aromatic nitrogens is 4. The Morgan fingerprint density at radius 2 is 2.18 bits per heavy atom. The fourth-order valence-electron chi connectivity index (χ4n) is 4.65. The van der Waals surface area contributed by atoms with Gasteiger partial charge in [-0.2, -0.15) is 5.10 Å². The second-order valence-corrected chi connectivity index (χ2v) is 7.71. The fourth-order valence-corrected chi connectivity index (χ4v) is 4.65. The number of ether oxygens (including phenoxy) is 2. The molecule has 8 nitrogen and oxygen atoms in total. The highest BCUT2D eigenvalue weighted by molar-refractivity contribution is 5.64. The molecule has 4 unspecified atom stereocenters. The van der Waals surface area contributed by atoms with Crippen molar-refractivity contribution in [3.63, 3.8) is 0 Å². The Morgan fingerprint density at radius 1 is 1.32 bits per heavy atom. The topological polar surface area (TPSA) is 77.7 Å². The summed E-state index contributed by atoms with van der Waals surface area (Å²) < 4.78 is 13.6. The number of methoxy groups -OCH3 is 1. The SMILES string of the molecule is COc1cccnc1C(C1C=NN(C)C1)C1CCOC(c2c(C)nnn2C)C1. The van der Waals surface area contributed by atoms with Crippen LogP contribution < -0.4 is 4.74 Å². The molecule has 4 atom stereocenters. The molecule has 150 valence electrons. The van der Waals surface area contributed by atoms with Crippen molar-refractivity contribution in [3.8, 4) is 5.75 Å². The quantitative estimate of drug-likeness (QED) is 0.787. The first-order valence-electron chi connectivity index (χ1n) is 9.80. The first-order valence-corrected chi connectivity index (χ1v) is 9.80. The standard InChI is InChI=1S/C20H28N6O2/c1-13-20(26(3)24-23-13)17-10-14(7-9-28-17)18(15-11-22-25(2)12-15)19-16(27-4)6-5-8-21-19/h5-6,8,11,14-15,17-18H,7,9-10,12H2,1-4H3. The highest BCUT2D eigenvalue weighted by atomic mass is 16.5. The molecule has 0 saturated carbocycles. The van der Waals surface area contributed by atoms with Gasteiger partial charge in [-0.25, -0.2) is 4.68 Å². The predicted octanol–water partition coefficient (Wildman–Crippen LogP) is 2.33. The molecule has 0 N–H and O–H groups in total. The molecule has 4 heterocycles. The minimum Gasteiger partial charge on any atom is -0.495 e. The van der Waals surface area contributed by atoms with Crippen LogP contribution in [-0.2, 0) is 11.8 Å². The Bertz CT molecular complexity index is 831. The van der Waals surface area contributed by atoms with Gasteiger partial charge >= 0.3 is 0 Å². The molecule has 0 radical (unpaired) electrons. The van der Waals surface area contributed by atoms with E-state index in [2.05, 4.69) is 21.6 Å². The summed E-state index contributed by atoms with van der Waals surface area (Å²) in [6, 6.07) is 3.92. The third-order valence-electron chi connectivity index (χ3n) is 5.91. The summed E-state index contributed by atoms with van der Waals surface area (Å²) in [4.78, 5) is 4.74. The molecule has 0 aliphatic carbocycles. The maximum atomic E-state index is 6.14. The van der Waals surface area contributed by atoms with Crippen molar-refractivity contribution < 1.29 is 9.47 Å². The van der Waals surface area contributed by atoms with E-state index in [1.807, 2.05) is 49.0 Å². The van der Waals surface area contributed by atoms with Crippen LogP contribution in [0.3, 0.4) is 0 Å². The van der Waals surface area contributed by atoms with E-state index in [0.717, 1.165) is 42.2 Å². The van der Waals surface area contributed by atoms with Crippen molar-refractivity contribution >= 4 is 6.21 Å². The number of aryl methyl sites for hydroxylation is 2. The van der Waals surface area contributed by atoms with E-state index in [9.17, 15) is 0 Å². The summed E-state index contributed by atoms with van der Waals surface area (Å²) in [7, 11) is 5.66. The lowest BCUT2D eigenvalue weighted by atomic mass is 9.74. The first kappa shape index (κ1) is 18.9. The summed E-state index contributed by atoms with van der Waals surface area (Å²) >= 11 is 0. The van der Waals surface area contributed by atoms with Gasteiger partial charge in [-0.1, -0.05) is 5.21 Å². The van der Waals surface area contributed by atoms with Crippen LogP contribution in [0.5, 0.6) is 5.75 Å². The zero-order chi connectivity index (χ0) is 19.7. The van der Waals surface area contributed by atoms with Crippen molar-refractivity contribution in [2.24, 2.45) is 24.0 Å². The third-order valence-corrected chi connectivity index (χ3v) is 5.91. The van der Waals surface area contributed by atoms with E-state index in [-0.39, 0.29) is 12.0 Å². The molecule has 2 aliphatic rings. The van der Waals surface area contributed by atoms with Gasteiger partial charge in [0.15, 0.2) is 0 Å². The molecule has 0 aromatic carbocycles. The van der Waals surface area contributed by atoms with Gasteiger partial charge < -0.3 is 9.47 Å². The lowest BCUT2D eigenvalue weighted by Crippen LogP contribution is -2.32.